The molecule has 0 saturated heterocycles. The van der Waals surface area contributed by atoms with E-state index >= 15 is 0 Å². The number of non-ortho nitro benzene ring substituents is 1. The monoisotopic (exact) mass is 376 g/mol. The summed E-state index contributed by atoms with van der Waals surface area (Å²) in [5.41, 5.74) is 0.430. The fourth-order valence-electron chi connectivity index (χ4n) is 2.21. The molecule has 0 aliphatic heterocycles. The molecule has 0 fully saturated rings. The van der Waals surface area contributed by atoms with Gasteiger partial charge in [0.05, 0.1) is 24.6 Å². The summed E-state index contributed by atoms with van der Waals surface area (Å²) in [5.74, 6) is -0.435. The Balaban J connectivity index is 1.79. The number of carbonyl (C=O) groups is 2. The van der Waals surface area contributed by atoms with Crippen molar-refractivity contribution < 1.29 is 14.5 Å². The quantitative estimate of drug-likeness (QED) is 0.516. The number of carbonyl (C=O) groups excluding carboxylic acids is 2. The van der Waals surface area contributed by atoms with Crippen LogP contribution in [0, 0.1) is 10.1 Å². The Labute approximate surface area is 155 Å². The van der Waals surface area contributed by atoms with Crippen molar-refractivity contribution in [2.45, 2.75) is 13.5 Å². The molecule has 2 rings (SSSR count). The molecule has 1 aromatic heterocycles. The Hall–Kier alpha value is -2.78. The number of nitrogens with zero attached hydrogens (tertiary/aromatic N) is 2. The first-order valence-electron chi connectivity index (χ1n) is 8.03. The first-order chi connectivity index (χ1) is 12.5. The zero-order valence-corrected chi connectivity index (χ0v) is 15.1. The smallest absolute Gasteiger partial charge is 0.269 e. The number of hydrogen-bond donors (Lipinski definition) is 2. The van der Waals surface area contributed by atoms with E-state index in [1.807, 2.05) is 24.4 Å². The summed E-state index contributed by atoms with van der Waals surface area (Å²) in [6.07, 6.45) is 0. The topological polar surface area (TPSA) is 105 Å². The first-order valence-corrected chi connectivity index (χ1v) is 8.91. The zero-order chi connectivity index (χ0) is 18.9. The first kappa shape index (κ1) is 19.5. The third-order valence-electron chi connectivity index (χ3n) is 3.58. The molecule has 0 atom stereocenters. The number of rotatable bonds is 9. The summed E-state index contributed by atoms with van der Waals surface area (Å²) < 4.78 is 0. The van der Waals surface area contributed by atoms with Gasteiger partial charge in [-0.2, -0.15) is 0 Å². The van der Waals surface area contributed by atoms with E-state index in [0.717, 1.165) is 4.88 Å². The van der Waals surface area contributed by atoms with Crippen LogP contribution in [0.5, 0.6) is 0 Å². The highest BCUT2D eigenvalue weighted by atomic mass is 32.1. The van der Waals surface area contributed by atoms with Crippen LogP contribution in [-0.4, -0.2) is 41.3 Å². The van der Waals surface area contributed by atoms with E-state index < -0.39 is 4.92 Å². The van der Waals surface area contributed by atoms with Crippen LogP contribution in [0.2, 0.25) is 0 Å². The van der Waals surface area contributed by atoms with Crippen LogP contribution in [0.25, 0.3) is 0 Å². The van der Waals surface area contributed by atoms with Crippen LogP contribution in [0.1, 0.15) is 11.8 Å². The molecule has 9 heteroatoms. The Morgan fingerprint density at radius 3 is 2.42 bits per heavy atom. The minimum atomic E-state index is -0.501. The van der Waals surface area contributed by atoms with Gasteiger partial charge in [0.25, 0.3) is 5.69 Å². The number of nitro groups is 1. The average Bonchev–Trinajstić information content (AvgIpc) is 3.13. The fourth-order valence-corrected chi connectivity index (χ4v) is 2.85. The molecule has 0 bridgehead atoms. The largest absolute Gasteiger partial charge is 0.350 e. The average molecular weight is 376 g/mol. The SMILES string of the molecule is CCN(CC(=O)NCc1cccs1)CC(=O)Nc1ccc([N+](=O)[O-])cc1. The number of thiophene rings is 1. The highest BCUT2D eigenvalue weighted by Gasteiger charge is 2.14. The van der Waals surface area contributed by atoms with E-state index in [9.17, 15) is 19.7 Å². The summed E-state index contributed by atoms with van der Waals surface area (Å²) >= 11 is 1.57. The second-order valence-corrected chi connectivity index (χ2v) is 6.54. The van der Waals surface area contributed by atoms with Crippen molar-refractivity contribution >= 4 is 34.5 Å². The molecule has 0 unspecified atom stereocenters. The van der Waals surface area contributed by atoms with E-state index in [2.05, 4.69) is 10.6 Å². The number of hydrogen-bond acceptors (Lipinski definition) is 6. The van der Waals surface area contributed by atoms with Crippen LogP contribution < -0.4 is 10.6 Å². The van der Waals surface area contributed by atoms with Crippen LogP contribution in [0.4, 0.5) is 11.4 Å². The van der Waals surface area contributed by atoms with Crippen molar-refractivity contribution in [1.29, 1.82) is 0 Å². The van der Waals surface area contributed by atoms with Crippen LogP contribution in [-0.2, 0) is 16.1 Å². The van der Waals surface area contributed by atoms with Gasteiger partial charge < -0.3 is 10.6 Å². The molecule has 8 nitrogen and oxygen atoms in total. The van der Waals surface area contributed by atoms with Crippen molar-refractivity contribution in [2.75, 3.05) is 25.0 Å². The molecule has 138 valence electrons. The number of likely N-dealkylation sites (N-methyl/N-ethyl adjacent to an activating group) is 1. The lowest BCUT2D eigenvalue weighted by Gasteiger charge is -2.19. The van der Waals surface area contributed by atoms with Gasteiger partial charge in [-0.25, -0.2) is 0 Å². The van der Waals surface area contributed by atoms with Crippen LogP contribution in [0.15, 0.2) is 41.8 Å². The lowest BCUT2D eigenvalue weighted by molar-refractivity contribution is -0.384. The summed E-state index contributed by atoms with van der Waals surface area (Å²) in [7, 11) is 0. The number of nitro benzene ring substituents is 1. The molecule has 1 heterocycles. The molecular weight excluding hydrogens is 356 g/mol. The van der Waals surface area contributed by atoms with E-state index in [4.69, 9.17) is 0 Å². The maximum Gasteiger partial charge on any atom is 0.269 e. The third kappa shape index (κ3) is 6.26. The predicted molar refractivity (Wildman–Crippen MR) is 100 cm³/mol. The molecular formula is C17H20N4O4S. The molecule has 2 N–H and O–H groups in total. The lowest BCUT2D eigenvalue weighted by Crippen LogP contribution is -2.40. The van der Waals surface area contributed by atoms with Gasteiger partial charge in [0, 0.05) is 22.7 Å². The normalized spacial score (nSPS) is 10.5. The second kappa shape index (κ2) is 9.64. The standard InChI is InChI=1S/C17H20N4O4S/c1-2-20(11-16(22)18-10-15-4-3-9-26-15)12-17(23)19-13-5-7-14(8-6-13)21(24)25/h3-9H,2,10-12H2,1H3,(H,18,22)(H,19,23). The van der Waals surface area contributed by atoms with Crippen molar-refractivity contribution in [2.24, 2.45) is 0 Å². The summed E-state index contributed by atoms with van der Waals surface area (Å²) in [4.78, 5) is 37.0. The maximum atomic E-state index is 12.1. The molecule has 0 saturated carbocycles. The van der Waals surface area contributed by atoms with Crippen molar-refractivity contribution in [3.63, 3.8) is 0 Å². The molecule has 0 aliphatic carbocycles. The van der Waals surface area contributed by atoms with Crippen molar-refractivity contribution in [3.8, 4) is 0 Å². The predicted octanol–water partition coefficient (Wildman–Crippen LogP) is 2.23. The highest BCUT2D eigenvalue weighted by molar-refractivity contribution is 7.09. The second-order valence-electron chi connectivity index (χ2n) is 5.51. The molecule has 1 aromatic carbocycles. The Kier molecular flexibility index (Phi) is 7.24. The van der Waals surface area contributed by atoms with Crippen molar-refractivity contribution in [3.05, 3.63) is 56.8 Å². The molecule has 0 aliphatic rings. The van der Waals surface area contributed by atoms with Crippen LogP contribution in [0.3, 0.4) is 0 Å². The van der Waals surface area contributed by atoms with Crippen molar-refractivity contribution in [1.82, 2.24) is 10.2 Å². The lowest BCUT2D eigenvalue weighted by atomic mass is 10.3. The zero-order valence-electron chi connectivity index (χ0n) is 14.3. The molecule has 2 aromatic rings. The van der Waals surface area contributed by atoms with E-state index in [-0.39, 0.29) is 30.6 Å². The number of benzene rings is 1. The van der Waals surface area contributed by atoms with E-state index in [0.29, 0.717) is 18.8 Å². The minimum absolute atomic E-state index is 0.0411. The molecule has 26 heavy (non-hydrogen) atoms. The van der Waals surface area contributed by atoms with Gasteiger partial charge >= 0.3 is 0 Å². The number of nitrogens with one attached hydrogen (secondary N) is 2. The molecule has 2 amide bonds. The van der Waals surface area contributed by atoms with Crippen LogP contribution >= 0.6 is 11.3 Å². The highest BCUT2D eigenvalue weighted by Crippen LogP contribution is 2.15. The molecule has 0 radical (unpaired) electrons. The van der Waals surface area contributed by atoms with E-state index in [1.54, 1.807) is 16.2 Å². The van der Waals surface area contributed by atoms with Gasteiger partial charge in [-0.05, 0) is 30.1 Å². The summed E-state index contributed by atoms with van der Waals surface area (Å²) in [5, 5.41) is 18.1. The van der Waals surface area contributed by atoms with Gasteiger partial charge in [-0.15, -0.1) is 11.3 Å². The van der Waals surface area contributed by atoms with Gasteiger partial charge in [0.2, 0.25) is 11.8 Å². The van der Waals surface area contributed by atoms with Gasteiger partial charge in [-0.1, -0.05) is 13.0 Å². The summed E-state index contributed by atoms with van der Waals surface area (Å²) in [6.45, 7) is 3.06. The fraction of sp³-hybridized carbons (Fsp3) is 0.294. The van der Waals surface area contributed by atoms with Gasteiger partial charge in [0.15, 0.2) is 0 Å². The van der Waals surface area contributed by atoms with Gasteiger partial charge in [-0.3, -0.25) is 24.6 Å². The Bertz CT molecular complexity index is 747. The Morgan fingerprint density at radius 2 is 1.85 bits per heavy atom. The molecule has 0 spiro atoms. The Morgan fingerprint density at radius 1 is 1.15 bits per heavy atom. The summed E-state index contributed by atoms with van der Waals surface area (Å²) in [6, 6.07) is 9.46. The minimum Gasteiger partial charge on any atom is -0.350 e. The van der Waals surface area contributed by atoms with Gasteiger partial charge in [0.1, 0.15) is 0 Å². The maximum absolute atomic E-state index is 12.1. The number of amides is 2. The van der Waals surface area contributed by atoms with E-state index in [1.165, 1.54) is 24.3 Å². The number of anilines is 1. The third-order valence-corrected chi connectivity index (χ3v) is 4.46.